The molecule has 0 radical (unpaired) electrons. The normalized spacial score (nSPS) is 15.9. The first-order valence-electron chi connectivity index (χ1n) is 8.99. The summed E-state index contributed by atoms with van der Waals surface area (Å²) in [6.45, 7) is 3.86. The van der Waals surface area contributed by atoms with E-state index in [0.717, 1.165) is 11.1 Å². The van der Waals surface area contributed by atoms with Crippen molar-refractivity contribution in [3.05, 3.63) is 71.8 Å². The zero-order valence-electron chi connectivity index (χ0n) is 16.1. The molecule has 0 spiro atoms. The van der Waals surface area contributed by atoms with Gasteiger partial charge in [0.1, 0.15) is 5.60 Å². The van der Waals surface area contributed by atoms with Gasteiger partial charge in [0.05, 0.1) is 0 Å². The minimum absolute atomic E-state index is 0.251. The van der Waals surface area contributed by atoms with Gasteiger partial charge in [0.25, 0.3) is 0 Å². The van der Waals surface area contributed by atoms with E-state index in [2.05, 4.69) is 0 Å². The lowest BCUT2D eigenvalue weighted by Gasteiger charge is -2.46. The Morgan fingerprint density at radius 3 is 2.08 bits per heavy atom. The van der Waals surface area contributed by atoms with Crippen LogP contribution < -0.4 is 0 Å². The van der Waals surface area contributed by atoms with E-state index in [-0.39, 0.29) is 12.4 Å². The molecule has 0 amide bonds. The standard InChI is InChI=1S/C22H29NO3/c1-5-20(24)26-22(19-14-10-7-11-15-19,21(2,25)17-23(3)4)16-18-12-8-6-9-13-18/h6-15,25H,5,16-17H2,1-4H3. The molecule has 1 N–H and O–H groups in total. The topological polar surface area (TPSA) is 49.8 Å². The second kappa shape index (κ2) is 8.47. The maximum Gasteiger partial charge on any atom is 0.306 e. The van der Waals surface area contributed by atoms with Crippen LogP contribution in [0.25, 0.3) is 0 Å². The van der Waals surface area contributed by atoms with Crippen molar-refractivity contribution in [1.82, 2.24) is 4.90 Å². The fraction of sp³-hybridized carbons (Fsp3) is 0.409. The van der Waals surface area contributed by atoms with Gasteiger partial charge in [-0.05, 0) is 32.1 Å². The molecular formula is C22H29NO3. The Morgan fingerprint density at radius 2 is 1.58 bits per heavy atom. The van der Waals surface area contributed by atoms with Crippen LogP contribution in [-0.2, 0) is 21.6 Å². The second-order valence-electron chi connectivity index (χ2n) is 7.19. The molecule has 0 aliphatic heterocycles. The van der Waals surface area contributed by atoms with Gasteiger partial charge in [-0.3, -0.25) is 4.79 Å². The monoisotopic (exact) mass is 355 g/mol. The Kier molecular flexibility index (Phi) is 6.57. The largest absolute Gasteiger partial charge is 0.451 e. The Balaban J connectivity index is 2.63. The first kappa shape index (κ1) is 20.1. The Morgan fingerprint density at radius 1 is 1.04 bits per heavy atom. The summed E-state index contributed by atoms with van der Waals surface area (Å²) in [5, 5.41) is 11.5. The smallest absolute Gasteiger partial charge is 0.306 e. The van der Waals surface area contributed by atoms with E-state index in [1.54, 1.807) is 13.8 Å². The number of ether oxygens (including phenoxy) is 1. The maximum atomic E-state index is 12.4. The number of carbonyl (C=O) groups is 1. The van der Waals surface area contributed by atoms with E-state index in [1.807, 2.05) is 79.7 Å². The fourth-order valence-electron chi connectivity index (χ4n) is 3.41. The first-order chi connectivity index (χ1) is 12.3. The predicted molar refractivity (Wildman–Crippen MR) is 104 cm³/mol. The van der Waals surface area contributed by atoms with Gasteiger partial charge >= 0.3 is 5.97 Å². The van der Waals surface area contributed by atoms with Crippen molar-refractivity contribution < 1.29 is 14.6 Å². The molecule has 2 aromatic carbocycles. The van der Waals surface area contributed by atoms with Crippen molar-refractivity contribution in [2.75, 3.05) is 20.6 Å². The van der Waals surface area contributed by atoms with Crippen LogP contribution in [0, 0.1) is 0 Å². The van der Waals surface area contributed by atoms with E-state index < -0.39 is 11.2 Å². The number of hydrogen-bond acceptors (Lipinski definition) is 4. The molecule has 2 rings (SSSR count). The van der Waals surface area contributed by atoms with Gasteiger partial charge in [0.2, 0.25) is 0 Å². The van der Waals surface area contributed by atoms with Gasteiger partial charge < -0.3 is 14.7 Å². The Labute approximate surface area is 156 Å². The van der Waals surface area contributed by atoms with Gasteiger partial charge in [-0.2, -0.15) is 0 Å². The van der Waals surface area contributed by atoms with Crippen LogP contribution in [0.4, 0.5) is 0 Å². The van der Waals surface area contributed by atoms with Crippen LogP contribution in [0.2, 0.25) is 0 Å². The van der Waals surface area contributed by atoms with Crippen LogP contribution >= 0.6 is 0 Å². The molecule has 2 unspecified atom stereocenters. The number of aliphatic hydroxyl groups is 1. The summed E-state index contributed by atoms with van der Waals surface area (Å²) in [5.74, 6) is -0.330. The van der Waals surface area contributed by atoms with Crippen LogP contribution in [0.3, 0.4) is 0 Å². The lowest BCUT2D eigenvalue weighted by Crippen LogP contribution is -2.58. The number of hydrogen-bond donors (Lipinski definition) is 1. The van der Waals surface area contributed by atoms with Crippen molar-refractivity contribution >= 4 is 5.97 Å². The molecule has 0 saturated carbocycles. The summed E-state index contributed by atoms with van der Waals surface area (Å²) >= 11 is 0. The molecule has 4 nitrogen and oxygen atoms in total. The van der Waals surface area contributed by atoms with Crippen molar-refractivity contribution in [2.24, 2.45) is 0 Å². The quantitative estimate of drug-likeness (QED) is 0.738. The third-order valence-electron chi connectivity index (χ3n) is 4.61. The Hall–Kier alpha value is -2.17. The predicted octanol–water partition coefficient (Wildman–Crippen LogP) is 3.39. The van der Waals surface area contributed by atoms with Crippen LogP contribution in [-0.4, -0.2) is 42.2 Å². The highest BCUT2D eigenvalue weighted by molar-refractivity contribution is 5.70. The van der Waals surface area contributed by atoms with Gasteiger partial charge in [-0.15, -0.1) is 0 Å². The van der Waals surface area contributed by atoms with Crippen molar-refractivity contribution in [3.63, 3.8) is 0 Å². The number of rotatable bonds is 8. The SMILES string of the molecule is CCC(=O)OC(Cc1ccccc1)(c1ccccc1)C(C)(O)CN(C)C. The molecule has 0 aliphatic carbocycles. The lowest BCUT2D eigenvalue weighted by molar-refractivity contribution is -0.200. The van der Waals surface area contributed by atoms with E-state index in [0.29, 0.717) is 13.0 Å². The second-order valence-corrected chi connectivity index (χ2v) is 7.19. The third kappa shape index (κ3) is 4.51. The maximum absolute atomic E-state index is 12.4. The van der Waals surface area contributed by atoms with E-state index >= 15 is 0 Å². The molecule has 0 fully saturated rings. The molecule has 2 aromatic rings. The van der Waals surface area contributed by atoms with Crippen LogP contribution in [0.1, 0.15) is 31.4 Å². The lowest BCUT2D eigenvalue weighted by atomic mass is 9.74. The molecule has 26 heavy (non-hydrogen) atoms. The summed E-state index contributed by atoms with van der Waals surface area (Å²) in [6, 6.07) is 19.4. The highest BCUT2D eigenvalue weighted by atomic mass is 16.6. The minimum Gasteiger partial charge on any atom is -0.451 e. The molecule has 2 atom stereocenters. The first-order valence-corrected chi connectivity index (χ1v) is 8.99. The number of likely N-dealkylation sites (N-methyl/N-ethyl adjacent to an activating group) is 1. The summed E-state index contributed by atoms with van der Waals surface area (Å²) in [7, 11) is 3.79. The van der Waals surface area contributed by atoms with Gasteiger partial charge in [0.15, 0.2) is 5.60 Å². The van der Waals surface area contributed by atoms with Crippen molar-refractivity contribution in [3.8, 4) is 0 Å². The third-order valence-corrected chi connectivity index (χ3v) is 4.61. The van der Waals surface area contributed by atoms with Gasteiger partial charge in [-0.25, -0.2) is 0 Å². The number of carbonyl (C=O) groups excluding carboxylic acids is 1. The Bertz CT molecular complexity index is 698. The fourth-order valence-corrected chi connectivity index (χ4v) is 3.41. The van der Waals surface area contributed by atoms with Crippen LogP contribution in [0.15, 0.2) is 60.7 Å². The summed E-state index contributed by atoms with van der Waals surface area (Å²) in [5.41, 5.74) is -0.692. The van der Waals surface area contributed by atoms with Crippen LogP contribution in [0.5, 0.6) is 0 Å². The highest BCUT2D eigenvalue weighted by Crippen LogP contribution is 2.41. The zero-order valence-corrected chi connectivity index (χ0v) is 16.1. The average molecular weight is 355 g/mol. The van der Waals surface area contributed by atoms with Crippen molar-refractivity contribution in [1.29, 1.82) is 0 Å². The molecule has 0 aromatic heterocycles. The number of esters is 1. The van der Waals surface area contributed by atoms with Gasteiger partial charge in [-0.1, -0.05) is 67.6 Å². The number of benzene rings is 2. The molecule has 140 valence electrons. The van der Waals surface area contributed by atoms with E-state index in [4.69, 9.17) is 4.74 Å². The van der Waals surface area contributed by atoms with Gasteiger partial charge in [0, 0.05) is 19.4 Å². The zero-order chi connectivity index (χ0) is 19.2. The molecule has 0 bridgehead atoms. The van der Waals surface area contributed by atoms with E-state index in [1.165, 1.54) is 0 Å². The minimum atomic E-state index is -1.29. The summed E-state index contributed by atoms with van der Waals surface area (Å²) in [4.78, 5) is 14.3. The summed E-state index contributed by atoms with van der Waals surface area (Å²) in [6.07, 6.45) is 0.645. The summed E-state index contributed by atoms with van der Waals surface area (Å²) < 4.78 is 6.03. The highest BCUT2D eigenvalue weighted by Gasteiger charge is 2.52. The molecule has 0 aliphatic rings. The van der Waals surface area contributed by atoms with E-state index in [9.17, 15) is 9.90 Å². The molecule has 0 saturated heterocycles. The molecule has 0 heterocycles. The number of nitrogens with zero attached hydrogens (tertiary/aromatic N) is 1. The average Bonchev–Trinajstić information content (AvgIpc) is 2.61. The van der Waals surface area contributed by atoms with Crippen molar-refractivity contribution in [2.45, 2.75) is 37.9 Å². The molecular weight excluding hydrogens is 326 g/mol. The molecule has 4 heteroatoms.